The molecule has 0 bridgehead atoms. The van der Waals surface area contributed by atoms with Crippen LogP contribution in [0, 0.1) is 10.1 Å². The Morgan fingerprint density at radius 2 is 2.22 bits per heavy atom. The zero-order chi connectivity index (χ0) is 16.6. The van der Waals surface area contributed by atoms with Crippen molar-refractivity contribution < 1.29 is 14.5 Å². The monoisotopic (exact) mass is 313 g/mol. The average Bonchev–Trinajstić information content (AvgIpc) is 2.54. The highest BCUT2D eigenvalue weighted by Gasteiger charge is 2.17. The van der Waals surface area contributed by atoms with Gasteiger partial charge in [-0.3, -0.25) is 19.9 Å². The third kappa shape index (κ3) is 2.39. The lowest BCUT2D eigenvalue weighted by Crippen LogP contribution is -2.09. The number of nitrogens with one attached hydrogen (secondary N) is 1. The molecule has 0 aliphatic rings. The van der Waals surface area contributed by atoms with E-state index in [0.717, 1.165) is 6.20 Å². The number of aromatic amines is 1. The molecule has 0 saturated carbocycles. The molecular formula is C15H11N3O5. The minimum Gasteiger partial charge on any atom is -0.462 e. The normalized spacial score (nSPS) is 10.8. The SMILES string of the molecule is CCOC(=O)c1cnc2c(ccc3c(=O)c([N+](=O)[O-])c[nH]c32)c1. The highest BCUT2D eigenvalue weighted by molar-refractivity contribution is 6.05. The number of carbonyl (C=O) groups is 1. The maximum Gasteiger partial charge on any atom is 0.339 e. The van der Waals surface area contributed by atoms with Gasteiger partial charge in [-0.2, -0.15) is 0 Å². The van der Waals surface area contributed by atoms with E-state index in [1.807, 2.05) is 0 Å². The summed E-state index contributed by atoms with van der Waals surface area (Å²) in [7, 11) is 0. The van der Waals surface area contributed by atoms with E-state index in [1.54, 1.807) is 19.1 Å². The molecule has 116 valence electrons. The standard InChI is InChI=1S/C15H11N3O5/c1-2-23-15(20)9-5-8-3-4-10-13(12(8)16-6-9)17-7-11(14(10)19)18(21)22/h3-7H,2H2,1H3,(H,17,19). The second-order valence-electron chi connectivity index (χ2n) is 4.76. The van der Waals surface area contributed by atoms with Crippen molar-refractivity contribution in [1.82, 2.24) is 9.97 Å². The van der Waals surface area contributed by atoms with Gasteiger partial charge in [-0.1, -0.05) is 6.07 Å². The lowest BCUT2D eigenvalue weighted by Gasteiger charge is -2.05. The quantitative estimate of drug-likeness (QED) is 0.343. The van der Waals surface area contributed by atoms with Crippen molar-refractivity contribution in [3.63, 3.8) is 0 Å². The molecule has 8 heteroatoms. The third-order valence-electron chi connectivity index (χ3n) is 3.39. The molecule has 2 aromatic heterocycles. The summed E-state index contributed by atoms with van der Waals surface area (Å²) < 4.78 is 4.91. The minimum absolute atomic E-state index is 0.170. The maximum atomic E-state index is 12.1. The van der Waals surface area contributed by atoms with Crippen LogP contribution in [0.3, 0.4) is 0 Å². The summed E-state index contributed by atoms with van der Waals surface area (Å²) in [4.78, 5) is 40.9. The van der Waals surface area contributed by atoms with Gasteiger partial charge in [0.25, 0.3) is 5.43 Å². The average molecular weight is 313 g/mol. The number of nitrogens with zero attached hydrogens (tertiary/aromatic N) is 2. The van der Waals surface area contributed by atoms with Crippen LogP contribution in [0.5, 0.6) is 0 Å². The molecule has 0 spiro atoms. The Bertz CT molecular complexity index is 1010. The molecule has 1 N–H and O–H groups in total. The third-order valence-corrected chi connectivity index (χ3v) is 3.39. The fourth-order valence-corrected chi connectivity index (χ4v) is 2.34. The first-order valence-electron chi connectivity index (χ1n) is 6.78. The summed E-state index contributed by atoms with van der Waals surface area (Å²) in [6.45, 7) is 1.96. The van der Waals surface area contributed by atoms with Crippen molar-refractivity contribution in [1.29, 1.82) is 0 Å². The maximum absolute atomic E-state index is 12.1. The van der Waals surface area contributed by atoms with Crippen molar-refractivity contribution in [3.8, 4) is 0 Å². The van der Waals surface area contributed by atoms with Gasteiger partial charge in [-0.15, -0.1) is 0 Å². The molecule has 3 rings (SSSR count). The molecule has 0 radical (unpaired) electrons. The van der Waals surface area contributed by atoms with Gasteiger partial charge in [0.1, 0.15) is 0 Å². The first-order chi connectivity index (χ1) is 11.0. The molecule has 0 unspecified atom stereocenters. The van der Waals surface area contributed by atoms with Gasteiger partial charge in [0.15, 0.2) is 0 Å². The predicted octanol–water partition coefficient (Wildman–Crippen LogP) is 2.16. The first-order valence-corrected chi connectivity index (χ1v) is 6.78. The summed E-state index contributed by atoms with van der Waals surface area (Å²) in [6.07, 6.45) is 2.39. The van der Waals surface area contributed by atoms with Gasteiger partial charge in [-0.25, -0.2) is 4.79 Å². The lowest BCUT2D eigenvalue weighted by molar-refractivity contribution is -0.386. The molecule has 0 aliphatic carbocycles. The molecule has 23 heavy (non-hydrogen) atoms. The molecule has 3 aromatic rings. The number of fused-ring (bicyclic) bond motifs is 3. The Kier molecular flexibility index (Phi) is 3.49. The highest BCUT2D eigenvalue weighted by atomic mass is 16.6. The number of pyridine rings is 2. The van der Waals surface area contributed by atoms with Gasteiger partial charge in [-0.05, 0) is 19.1 Å². The smallest absolute Gasteiger partial charge is 0.339 e. The van der Waals surface area contributed by atoms with Gasteiger partial charge < -0.3 is 9.72 Å². The lowest BCUT2D eigenvalue weighted by atomic mass is 10.1. The number of carbonyl (C=O) groups excluding carboxylic acids is 1. The van der Waals surface area contributed by atoms with E-state index in [9.17, 15) is 19.7 Å². The van der Waals surface area contributed by atoms with Gasteiger partial charge in [0, 0.05) is 11.6 Å². The Morgan fingerprint density at radius 1 is 1.43 bits per heavy atom. The number of rotatable bonds is 3. The fraction of sp³-hybridized carbons (Fsp3) is 0.133. The molecule has 8 nitrogen and oxygen atoms in total. The second kappa shape index (κ2) is 5.48. The summed E-state index contributed by atoms with van der Waals surface area (Å²) in [6, 6.07) is 4.66. The molecule has 0 saturated heterocycles. The molecular weight excluding hydrogens is 302 g/mol. The van der Waals surface area contributed by atoms with E-state index in [2.05, 4.69) is 9.97 Å². The molecule has 1 aromatic carbocycles. The van der Waals surface area contributed by atoms with Crippen LogP contribution in [0.4, 0.5) is 5.69 Å². The number of aromatic nitrogens is 2. The number of benzene rings is 1. The molecule has 0 aliphatic heterocycles. The number of esters is 1. The van der Waals surface area contributed by atoms with Crippen molar-refractivity contribution in [2.45, 2.75) is 6.92 Å². The second-order valence-corrected chi connectivity index (χ2v) is 4.76. The van der Waals surface area contributed by atoms with Crippen LogP contribution in [0.1, 0.15) is 17.3 Å². The predicted molar refractivity (Wildman–Crippen MR) is 82.5 cm³/mol. The van der Waals surface area contributed by atoms with Crippen LogP contribution >= 0.6 is 0 Å². The van der Waals surface area contributed by atoms with Gasteiger partial charge >= 0.3 is 11.7 Å². The number of ether oxygens (including phenoxy) is 1. The molecule has 0 amide bonds. The van der Waals surface area contributed by atoms with Gasteiger partial charge in [0.2, 0.25) is 0 Å². The van der Waals surface area contributed by atoms with E-state index in [-0.39, 0.29) is 12.0 Å². The molecule has 0 fully saturated rings. The number of H-pyrrole nitrogens is 1. The van der Waals surface area contributed by atoms with E-state index >= 15 is 0 Å². The summed E-state index contributed by atoms with van der Waals surface area (Å²) in [5.41, 5.74) is -0.0825. The molecule has 2 heterocycles. The van der Waals surface area contributed by atoms with Crippen molar-refractivity contribution in [3.05, 3.63) is 56.5 Å². The van der Waals surface area contributed by atoms with Crippen LogP contribution in [-0.2, 0) is 4.74 Å². The number of hydrogen-bond acceptors (Lipinski definition) is 6. The molecule has 0 atom stereocenters. The number of hydrogen-bond donors (Lipinski definition) is 1. The van der Waals surface area contributed by atoms with Crippen molar-refractivity contribution in [2.75, 3.05) is 6.61 Å². The zero-order valence-electron chi connectivity index (χ0n) is 12.0. The number of nitro groups is 1. The first kappa shape index (κ1) is 14.6. The van der Waals surface area contributed by atoms with E-state index in [0.29, 0.717) is 22.0 Å². The topological polar surface area (TPSA) is 115 Å². The Labute approximate surface area is 128 Å². The highest BCUT2D eigenvalue weighted by Crippen LogP contribution is 2.22. The Balaban J connectivity index is 2.25. The summed E-state index contributed by atoms with van der Waals surface area (Å²) in [5.74, 6) is -0.487. The van der Waals surface area contributed by atoms with Crippen LogP contribution in [0.15, 0.2) is 35.4 Å². The van der Waals surface area contributed by atoms with E-state index in [1.165, 1.54) is 12.3 Å². The fourth-order valence-electron chi connectivity index (χ4n) is 2.34. The van der Waals surface area contributed by atoms with Crippen LogP contribution in [-0.4, -0.2) is 27.5 Å². The Morgan fingerprint density at radius 3 is 2.91 bits per heavy atom. The summed E-state index contributed by atoms with van der Waals surface area (Å²) >= 11 is 0. The van der Waals surface area contributed by atoms with Crippen LogP contribution < -0.4 is 5.43 Å². The van der Waals surface area contributed by atoms with Crippen LogP contribution in [0.2, 0.25) is 0 Å². The largest absolute Gasteiger partial charge is 0.462 e. The van der Waals surface area contributed by atoms with Crippen molar-refractivity contribution >= 4 is 33.5 Å². The zero-order valence-corrected chi connectivity index (χ0v) is 12.0. The Hall–Kier alpha value is -3.29. The van der Waals surface area contributed by atoms with Gasteiger partial charge in [0.05, 0.1) is 39.7 Å². The minimum atomic E-state index is -0.736. The van der Waals surface area contributed by atoms with Crippen molar-refractivity contribution in [2.24, 2.45) is 0 Å². The van der Waals surface area contributed by atoms with E-state index < -0.39 is 22.0 Å². The van der Waals surface area contributed by atoms with E-state index in [4.69, 9.17) is 4.74 Å². The summed E-state index contributed by atoms with van der Waals surface area (Å²) in [5, 5.41) is 11.6. The van der Waals surface area contributed by atoms with Crippen LogP contribution in [0.25, 0.3) is 21.8 Å².